The lowest BCUT2D eigenvalue weighted by Crippen LogP contribution is -2.02. The first-order chi connectivity index (χ1) is 10.1. The van der Waals surface area contributed by atoms with E-state index in [9.17, 15) is 5.11 Å². The van der Waals surface area contributed by atoms with Gasteiger partial charge in [-0.1, -0.05) is 45.4 Å². The first-order valence-electron chi connectivity index (χ1n) is 8.04. The van der Waals surface area contributed by atoms with E-state index in [4.69, 9.17) is 9.47 Å². The summed E-state index contributed by atoms with van der Waals surface area (Å²) in [5.74, 6) is 1.39. The summed E-state index contributed by atoms with van der Waals surface area (Å²) in [7, 11) is 3.25. The number of ether oxygens (including phenoxy) is 2. The van der Waals surface area contributed by atoms with Crippen LogP contribution in [-0.4, -0.2) is 19.3 Å². The van der Waals surface area contributed by atoms with Crippen LogP contribution in [0.5, 0.6) is 11.5 Å². The van der Waals surface area contributed by atoms with Crippen LogP contribution in [0.3, 0.4) is 0 Å². The maximum absolute atomic E-state index is 10.4. The monoisotopic (exact) mass is 294 g/mol. The molecule has 1 N–H and O–H groups in total. The highest BCUT2D eigenvalue weighted by Gasteiger charge is 2.14. The summed E-state index contributed by atoms with van der Waals surface area (Å²) in [5.41, 5.74) is 1.99. The highest BCUT2D eigenvalue weighted by Crippen LogP contribution is 2.34. The predicted octanol–water partition coefficient (Wildman–Crippen LogP) is 4.80. The van der Waals surface area contributed by atoms with E-state index in [1.807, 2.05) is 19.1 Å². The summed E-state index contributed by atoms with van der Waals surface area (Å²) in [6, 6.07) is 3.83. The third-order valence-electron chi connectivity index (χ3n) is 3.96. The van der Waals surface area contributed by atoms with Gasteiger partial charge >= 0.3 is 0 Å². The smallest absolute Gasteiger partial charge is 0.161 e. The number of aryl methyl sites for hydroxylation is 1. The maximum atomic E-state index is 10.4. The van der Waals surface area contributed by atoms with Gasteiger partial charge in [0.1, 0.15) is 0 Å². The fourth-order valence-electron chi connectivity index (χ4n) is 2.63. The molecule has 3 heteroatoms. The Labute approximate surface area is 129 Å². The third-order valence-corrected chi connectivity index (χ3v) is 3.96. The number of aliphatic hydroxyl groups is 1. The quantitative estimate of drug-likeness (QED) is 0.630. The van der Waals surface area contributed by atoms with Crippen LogP contribution in [0.2, 0.25) is 0 Å². The number of unbranched alkanes of at least 4 members (excludes halogenated alkanes) is 5. The number of hydrogen-bond donors (Lipinski definition) is 1. The Bertz CT molecular complexity index is 415. The van der Waals surface area contributed by atoms with E-state index in [0.29, 0.717) is 11.5 Å². The number of methoxy groups -OCH3 is 2. The molecule has 1 aromatic carbocycles. The minimum Gasteiger partial charge on any atom is -0.493 e. The van der Waals surface area contributed by atoms with Crippen LogP contribution in [-0.2, 0) is 0 Å². The van der Waals surface area contributed by atoms with Crippen molar-refractivity contribution in [1.82, 2.24) is 0 Å². The topological polar surface area (TPSA) is 38.7 Å². The predicted molar refractivity (Wildman–Crippen MR) is 87.2 cm³/mol. The summed E-state index contributed by atoms with van der Waals surface area (Å²) in [6.45, 7) is 4.23. The molecule has 1 aromatic rings. The summed E-state index contributed by atoms with van der Waals surface area (Å²) < 4.78 is 10.6. The van der Waals surface area contributed by atoms with Crippen molar-refractivity contribution in [3.05, 3.63) is 23.3 Å². The molecule has 1 atom stereocenters. The van der Waals surface area contributed by atoms with E-state index < -0.39 is 6.10 Å². The molecular formula is C18H30O3. The Balaban J connectivity index is 2.55. The van der Waals surface area contributed by atoms with E-state index in [2.05, 4.69) is 6.92 Å². The molecule has 0 saturated heterocycles. The van der Waals surface area contributed by atoms with Crippen molar-refractivity contribution in [2.45, 2.75) is 64.9 Å². The molecule has 1 unspecified atom stereocenters. The van der Waals surface area contributed by atoms with Crippen molar-refractivity contribution < 1.29 is 14.6 Å². The Morgan fingerprint density at radius 2 is 1.52 bits per heavy atom. The molecule has 21 heavy (non-hydrogen) atoms. The lowest BCUT2D eigenvalue weighted by Gasteiger charge is -2.17. The van der Waals surface area contributed by atoms with Crippen molar-refractivity contribution in [3.63, 3.8) is 0 Å². The summed E-state index contributed by atoms with van der Waals surface area (Å²) >= 11 is 0. The van der Waals surface area contributed by atoms with E-state index in [-0.39, 0.29) is 0 Å². The molecule has 0 aliphatic rings. The van der Waals surface area contributed by atoms with Gasteiger partial charge in [0.05, 0.1) is 20.3 Å². The molecule has 120 valence electrons. The van der Waals surface area contributed by atoms with Crippen molar-refractivity contribution >= 4 is 0 Å². The molecule has 0 heterocycles. The fourth-order valence-corrected chi connectivity index (χ4v) is 2.63. The first-order valence-corrected chi connectivity index (χ1v) is 8.04. The Kier molecular flexibility index (Phi) is 8.21. The van der Waals surface area contributed by atoms with Gasteiger partial charge in [-0.2, -0.15) is 0 Å². The summed E-state index contributed by atoms with van der Waals surface area (Å²) in [5, 5.41) is 10.4. The minimum absolute atomic E-state index is 0.420. The molecule has 0 spiro atoms. The van der Waals surface area contributed by atoms with E-state index >= 15 is 0 Å². The van der Waals surface area contributed by atoms with Gasteiger partial charge in [0.2, 0.25) is 0 Å². The van der Waals surface area contributed by atoms with Crippen LogP contribution in [0, 0.1) is 6.92 Å². The van der Waals surface area contributed by atoms with Crippen LogP contribution in [0.15, 0.2) is 12.1 Å². The van der Waals surface area contributed by atoms with Crippen molar-refractivity contribution in [2.24, 2.45) is 0 Å². The van der Waals surface area contributed by atoms with Gasteiger partial charge in [-0.25, -0.2) is 0 Å². The van der Waals surface area contributed by atoms with Gasteiger partial charge in [-0.15, -0.1) is 0 Å². The molecule has 0 aromatic heterocycles. The Morgan fingerprint density at radius 1 is 0.952 bits per heavy atom. The average molecular weight is 294 g/mol. The van der Waals surface area contributed by atoms with Crippen LogP contribution in [0.1, 0.15) is 69.1 Å². The van der Waals surface area contributed by atoms with Crippen LogP contribution >= 0.6 is 0 Å². The maximum Gasteiger partial charge on any atom is 0.161 e. The molecule has 0 aliphatic heterocycles. The highest BCUT2D eigenvalue weighted by molar-refractivity contribution is 5.47. The van der Waals surface area contributed by atoms with Crippen LogP contribution < -0.4 is 9.47 Å². The van der Waals surface area contributed by atoms with Crippen molar-refractivity contribution in [3.8, 4) is 11.5 Å². The van der Waals surface area contributed by atoms with E-state index in [0.717, 1.165) is 24.0 Å². The first kappa shape index (κ1) is 17.8. The molecule has 0 aliphatic carbocycles. The SMILES string of the molecule is CCCCCCCCC(O)c1cc(OC)c(OC)cc1C. The minimum atomic E-state index is -0.420. The molecule has 0 saturated carbocycles. The van der Waals surface area contributed by atoms with Crippen molar-refractivity contribution in [1.29, 1.82) is 0 Å². The third kappa shape index (κ3) is 5.58. The van der Waals surface area contributed by atoms with Crippen LogP contribution in [0.25, 0.3) is 0 Å². The van der Waals surface area contributed by atoms with E-state index in [1.54, 1.807) is 14.2 Å². The normalized spacial score (nSPS) is 12.2. The number of aliphatic hydroxyl groups excluding tert-OH is 1. The molecule has 0 radical (unpaired) electrons. The zero-order chi connectivity index (χ0) is 15.7. The highest BCUT2D eigenvalue weighted by atomic mass is 16.5. The Morgan fingerprint density at radius 3 is 2.14 bits per heavy atom. The zero-order valence-electron chi connectivity index (χ0n) is 13.9. The van der Waals surface area contributed by atoms with Crippen molar-refractivity contribution in [2.75, 3.05) is 14.2 Å². The number of benzene rings is 1. The molecule has 0 bridgehead atoms. The second-order valence-electron chi connectivity index (χ2n) is 5.64. The van der Waals surface area contributed by atoms with Gasteiger partial charge in [0.15, 0.2) is 11.5 Å². The molecule has 0 amide bonds. The summed E-state index contributed by atoms with van der Waals surface area (Å²) in [4.78, 5) is 0. The number of hydrogen-bond acceptors (Lipinski definition) is 3. The largest absolute Gasteiger partial charge is 0.493 e. The lowest BCUT2D eigenvalue weighted by atomic mass is 9.97. The average Bonchev–Trinajstić information content (AvgIpc) is 2.50. The second kappa shape index (κ2) is 9.67. The second-order valence-corrected chi connectivity index (χ2v) is 5.64. The molecular weight excluding hydrogens is 264 g/mol. The molecule has 0 fully saturated rings. The van der Waals surface area contributed by atoms with Gasteiger partial charge in [0.25, 0.3) is 0 Å². The fraction of sp³-hybridized carbons (Fsp3) is 0.667. The Hall–Kier alpha value is -1.22. The van der Waals surface area contributed by atoms with Gasteiger partial charge < -0.3 is 14.6 Å². The lowest BCUT2D eigenvalue weighted by molar-refractivity contribution is 0.162. The van der Waals surface area contributed by atoms with Crippen LogP contribution in [0.4, 0.5) is 0 Å². The molecule has 1 rings (SSSR count). The number of rotatable bonds is 10. The summed E-state index contributed by atoms with van der Waals surface area (Å²) in [6.07, 6.45) is 7.82. The standard InChI is InChI=1S/C18H30O3/c1-5-6-7-8-9-10-11-16(19)15-13-18(21-4)17(20-3)12-14(15)2/h12-13,16,19H,5-11H2,1-4H3. The zero-order valence-corrected chi connectivity index (χ0v) is 13.9. The van der Waals surface area contributed by atoms with Gasteiger partial charge in [-0.05, 0) is 36.6 Å². The van der Waals surface area contributed by atoms with E-state index in [1.165, 1.54) is 32.1 Å². The van der Waals surface area contributed by atoms with Gasteiger partial charge in [0, 0.05) is 0 Å². The van der Waals surface area contributed by atoms with Gasteiger partial charge in [-0.3, -0.25) is 0 Å². The molecule has 3 nitrogen and oxygen atoms in total.